The van der Waals surface area contributed by atoms with Gasteiger partial charge in [0.15, 0.2) is 0 Å². The summed E-state index contributed by atoms with van der Waals surface area (Å²) >= 11 is 2.71. The van der Waals surface area contributed by atoms with E-state index in [0.717, 1.165) is 22.8 Å². The second kappa shape index (κ2) is 9.61. The number of hydrogen-bond donors (Lipinski definition) is 1. The maximum Gasteiger partial charge on any atom is 0.411 e. The summed E-state index contributed by atoms with van der Waals surface area (Å²) in [6, 6.07) is 7.64. The van der Waals surface area contributed by atoms with Gasteiger partial charge in [-0.25, -0.2) is 18.0 Å². The minimum Gasteiger partial charge on any atom is -0.450 e. The second-order valence-corrected chi connectivity index (χ2v) is 9.94. The molecular formula is C18H20N2O6S3. The van der Waals surface area contributed by atoms with Gasteiger partial charge in [-0.3, -0.25) is 5.32 Å². The number of esters is 1. The van der Waals surface area contributed by atoms with Gasteiger partial charge in [0.2, 0.25) is 10.0 Å². The number of thiophene rings is 1. The maximum atomic E-state index is 12.9. The molecule has 1 aliphatic rings. The van der Waals surface area contributed by atoms with Crippen molar-refractivity contribution in [1.82, 2.24) is 4.31 Å². The Labute approximate surface area is 177 Å². The van der Waals surface area contributed by atoms with Gasteiger partial charge in [-0.05, 0) is 30.5 Å². The summed E-state index contributed by atoms with van der Waals surface area (Å²) in [6.07, 6.45) is -0.623. The van der Waals surface area contributed by atoms with Crippen molar-refractivity contribution in [3.05, 3.63) is 40.6 Å². The maximum absolute atomic E-state index is 12.9. The topological polar surface area (TPSA) is 102 Å². The zero-order chi connectivity index (χ0) is 20.9. The van der Waals surface area contributed by atoms with E-state index in [0.29, 0.717) is 18.8 Å². The van der Waals surface area contributed by atoms with Crippen molar-refractivity contribution in [1.29, 1.82) is 0 Å². The molecule has 0 bridgehead atoms. The first-order valence-corrected chi connectivity index (χ1v) is 12.3. The number of nitrogens with one attached hydrogen (secondary N) is 1. The van der Waals surface area contributed by atoms with Crippen molar-refractivity contribution in [2.75, 3.05) is 36.5 Å². The van der Waals surface area contributed by atoms with Crippen LogP contribution in [0.15, 0.2) is 40.6 Å². The second-order valence-electron chi connectivity index (χ2n) is 5.89. The van der Waals surface area contributed by atoms with Crippen molar-refractivity contribution >= 4 is 50.9 Å². The molecule has 3 rings (SSSR count). The Morgan fingerprint density at radius 3 is 2.69 bits per heavy atom. The van der Waals surface area contributed by atoms with Crippen LogP contribution in [0.2, 0.25) is 0 Å². The molecule has 0 aliphatic carbocycles. The van der Waals surface area contributed by atoms with Crippen LogP contribution < -0.4 is 10.1 Å². The van der Waals surface area contributed by atoms with Gasteiger partial charge < -0.3 is 9.47 Å². The van der Waals surface area contributed by atoms with Gasteiger partial charge in [0, 0.05) is 36.3 Å². The summed E-state index contributed by atoms with van der Waals surface area (Å²) in [5.74, 6) is 0.862. The lowest BCUT2D eigenvalue weighted by atomic mass is 10.3. The first-order chi connectivity index (χ1) is 13.9. The van der Waals surface area contributed by atoms with Crippen LogP contribution in [0.3, 0.4) is 0 Å². The molecule has 8 nitrogen and oxygen atoms in total. The van der Waals surface area contributed by atoms with Crippen LogP contribution in [-0.4, -0.2) is 56.0 Å². The minimum atomic E-state index is -3.76. The Kier molecular flexibility index (Phi) is 7.17. The first-order valence-electron chi connectivity index (χ1n) is 8.83. The van der Waals surface area contributed by atoms with E-state index in [1.54, 1.807) is 36.2 Å². The normalized spacial score (nSPS) is 14.9. The van der Waals surface area contributed by atoms with E-state index in [9.17, 15) is 18.0 Å². The minimum absolute atomic E-state index is 0.0204. The highest BCUT2D eigenvalue weighted by Crippen LogP contribution is 2.28. The van der Waals surface area contributed by atoms with E-state index in [-0.39, 0.29) is 22.1 Å². The van der Waals surface area contributed by atoms with Gasteiger partial charge in [-0.2, -0.15) is 16.1 Å². The van der Waals surface area contributed by atoms with Gasteiger partial charge >= 0.3 is 12.1 Å². The number of benzene rings is 1. The number of rotatable bonds is 6. The molecule has 2 heterocycles. The lowest BCUT2D eigenvalue weighted by molar-refractivity contribution is 0.0736. The predicted molar refractivity (Wildman–Crippen MR) is 112 cm³/mol. The van der Waals surface area contributed by atoms with E-state index in [2.05, 4.69) is 5.32 Å². The van der Waals surface area contributed by atoms with Gasteiger partial charge in [0.1, 0.15) is 15.5 Å². The van der Waals surface area contributed by atoms with Gasteiger partial charge in [-0.1, -0.05) is 6.07 Å². The molecule has 11 heteroatoms. The molecular weight excluding hydrogens is 436 g/mol. The quantitative estimate of drug-likeness (QED) is 0.526. The first kappa shape index (κ1) is 21.6. The number of carbonyl (C=O) groups excluding carboxylic acids is 2. The van der Waals surface area contributed by atoms with Crippen LogP contribution >= 0.6 is 23.1 Å². The molecule has 0 saturated carbocycles. The van der Waals surface area contributed by atoms with Gasteiger partial charge in [-0.15, -0.1) is 11.3 Å². The number of amides is 1. The number of ether oxygens (including phenoxy) is 2. The van der Waals surface area contributed by atoms with Crippen LogP contribution in [0.5, 0.6) is 5.75 Å². The fourth-order valence-corrected chi connectivity index (χ4v) is 6.49. The van der Waals surface area contributed by atoms with Crippen molar-refractivity contribution in [3.8, 4) is 5.75 Å². The molecule has 0 spiro atoms. The highest BCUT2D eigenvalue weighted by Gasteiger charge is 2.31. The Morgan fingerprint density at radius 1 is 1.21 bits per heavy atom. The van der Waals surface area contributed by atoms with Gasteiger partial charge in [0.05, 0.1) is 6.61 Å². The molecule has 1 N–H and O–H groups in total. The molecule has 1 saturated heterocycles. The van der Waals surface area contributed by atoms with Crippen LogP contribution in [0.25, 0.3) is 0 Å². The fourth-order valence-electron chi connectivity index (χ4n) is 2.65. The average Bonchev–Trinajstić information content (AvgIpc) is 3.20. The Bertz CT molecular complexity index is 983. The van der Waals surface area contributed by atoms with Gasteiger partial charge in [0.25, 0.3) is 0 Å². The van der Waals surface area contributed by atoms with Crippen LogP contribution in [0.1, 0.15) is 16.6 Å². The third-order valence-electron chi connectivity index (χ3n) is 3.97. The number of anilines is 1. The van der Waals surface area contributed by atoms with Crippen LogP contribution in [-0.2, 0) is 14.8 Å². The van der Waals surface area contributed by atoms with Crippen LogP contribution in [0, 0.1) is 0 Å². The van der Waals surface area contributed by atoms with Crippen molar-refractivity contribution < 1.29 is 27.5 Å². The summed E-state index contributed by atoms with van der Waals surface area (Å²) in [5, 5.41) is 4.07. The van der Waals surface area contributed by atoms with E-state index < -0.39 is 22.1 Å². The molecule has 0 radical (unpaired) electrons. The molecule has 0 unspecified atom stereocenters. The van der Waals surface area contributed by atoms with Crippen molar-refractivity contribution in [2.45, 2.75) is 11.8 Å². The summed E-state index contributed by atoms with van der Waals surface area (Å²) < 4.78 is 37.4. The van der Waals surface area contributed by atoms with E-state index in [4.69, 9.17) is 9.47 Å². The average molecular weight is 457 g/mol. The molecule has 1 amide bonds. The molecule has 2 aromatic rings. The smallest absolute Gasteiger partial charge is 0.411 e. The molecule has 1 aliphatic heterocycles. The molecule has 1 aromatic carbocycles. The Hall–Kier alpha value is -2.08. The van der Waals surface area contributed by atoms with Crippen molar-refractivity contribution in [3.63, 3.8) is 0 Å². The van der Waals surface area contributed by atoms with Crippen LogP contribution in [0.4, 0.5) is 10.5 Å². The lowest BCUT2D eigenvalue weighted by Crippen LogP contribution is -2.38. The zero-order valence-corrected chi connectivity index (χ0v) is 18.1. The fraction of sp³-hybridized carbons (Fsp3) is 0.333. The van der Waals surface area contributed by atoms with E-state index >= 15 is 0 Å². The SMILES string of the molecule is CCOC(=O)Nc1cccc(OC(=O)c2sccc2S(=O)(=O)N2CCSCC2)c1. The number of nitrogens with zero attached hydrogens (tertiary/aromatic N) is 1. The molecule has 0 atom stereocenters. The monoisotopic (exact) mass is 456 g/mol. The number of sulfonamides is 1. The Balaban J connectivity index is 1.76. The predicted octanol–water partition coefficient (Wildman–Crippen LogP) is 3.27. The van der Waals surface area contributed by atoms with E-state index in [1.165, 1.54) is 22.5 Å². The largest absolute Gasteiger partial charge is 0.450 e. The lowest BCUT2D eigenvalue weighted by Gasteiger charge is -2.25. The third-order valence-corrected chi connectivity index (χ3v) is 7.88. The summed E-state index contributed by atoms with van der Waals surface area (Å²) in [7, 11) is -3.76. The standard InChI is InChI=1S/C18H20N2O6S3/c1-2-25-18(22)19-13-4-3-5-14(12-13)26-17(21)16-15(6-9-28-16)29(23,24)20-7-10-27-11-8-20/h3-6,9,12H,2,7-8,10-11H2,1H3,(H,19,22). The number of carbonyl (C=O) groups is 2. The highest BCUT2D eigenvalue weighted by atomic mass is 32.2. The van der Waals surface area contributed by atoms with Crippen molar-refractivity contribution in [2.24, 2.45) is 0 Å². The third kappa shape index (κ3) is 5.30. The molecule has 156 valence electrons. The number of hydrogen-bond acceptors (Lipinski definition) is 8. The number of thioether (sulfide) groups is 1. The molecule has 29 heavy (non-hydrogen) atoms. The summed E-state index contributed by atoms with van der Waals surface area (Å²) in [4.78, 5) is 24.2. The van der Waals surface area contributed by atoms with E-state index in [1.807, 2.05) is 0 Å². The highest BCUT2D eigenvalue weighted by molar-refractivity contribution is 7.99. The molecule has 1 fully saturated rings. The zero-order valence-electron chi connectivity index (χ0n) is 15.6. The summed E-state index contributed by atoms with van der Waals surface area (Å²) in [6.45, 7) is 2.75. The molecule has 1 aromatic heterocycles. The Morgan fingerprint density at radius 2 is 1.97 bits per heavy atom. The summed E-state index contributed by atoms with van der Waals surface area (Å²) in [5.41, 5.74) is 0.388.